The molecule has 1 aliphatic heterocycles. The number of guanidine groups is 1. The number of ether oxygens (including phenoxy) is 1. The molecule has 0 fully saturated rings. The van der Waals surface area contributed by atoms with Gasteiger partial charge in [0.05, 0.1) is 16.8 Å². The van der Waals surface area contributed by atoms with E-state index in [1.165, 1.54) is 19.2 Å². The van der Waals surface area contributed by atoms with Crippen molar-refractivity contribution in [1.82, 2.24) is 0 Å². The average Bonchev–Trinajstić information content (AvgIpc) is 2.60. The second-order valence-electron chi connectivity index (χ2n) is 4.10. The van der Waals surface area contributed by atoms with E-state index in [4.69, 9.17) is 16.2 Å². The van der Waals surface area contributed by atoms with Gasteiger partial charge in [-0.2, -0.15) is 4.99 Å². The number of hydrogen-bond donors (Lipinski definition) is 2. The number of amides is 1. The summed E-state index contributed by atoms with van der Waals surface area (Å²) in [7, 11) is -2.00. The SMILES string of the molecule is COC1CS(=O)(=O)c2cc(C(=O)N=C(N)N)ccc21. The minimum Gasteiger partial charge on any atom is -0.376 e. The van der Waals surface area contributed by atoms with E-state index < -0.39 is 21.8 Å². The molecular weight excluding hydrogens is 270 g/mol. The third kappa shape index (κ3) is 2.45. The Balaban J connectivity index is 2.51. The number of rotatable bonds is 2. The summed E-state index contributed by atoms with van der Waals surface area (Å²) in [5.74, 6) is -1.18. The first kappa shape index (κ1) is 13.5. The molecule has 8 heteroatoms. The number of aliphatic imine (C=N–C) groups is 1. The molecule has 1 unspecified atom stereocenters. The van der Waals surface area contributed by atoms with Crippen LogP contribution in [0.2, 0.25) is 0 Å². The lowest BCUT2D eigenvalue weighted by Crippen LogP contribution is -2.24. The van der Waals surface area contributed by atoms with E-state index in [9.17, 15) is 13.2 Å². The molecule has 1 amide bonds. The van der Waals surface area contributed by atoms with Crippen molar-refractivity contribution in [3.8, 4) is 0 Å². The minimum atomic E-state index is -3.44. The van der Waals surface area contributed by atoms with Gasteiger partial charge in [0, 0.05) is 18.2 Å². The van der Waals surface area contributed by atoms with Crippen LogP contribution < -0.4 is 11.5 Å². The fourth-order valence-electron chi connectivity index (χ4n) is 1.96. The van der Waals surface area contributed by atoms with Gasteiger partial charge in [-0.05, 0) is 12.1 Å². The summed E-state index contributed by atoms with van der Waals surface area (Å²) in [4.78, 5) is 15.1. The van der Waals surface area contributed by atoms with Crippen LogP contribution in [-0.2, 0) is 14.6 Å². The van der Waals surface area contributed by atoms with Crippen LogP contribution in [0.4, 0.5) is 0 Å². The maximum absolute atomic E-state index is 11.9. The van der Waals surface area contributed by atoms with Crippen LogP contribution in [-0.4, -0.2) is 33.1 Å². The highest BCUT2D eigenvalue weighted by atomic mass is 32.2. The van der Waals surface area contributed by atoms with E-state index >= 15 is 0 Å². The third-order valence-electron chi connectivity index (χ3n) is 2.83. The molecule has 0 bridgehead atoms. The first-order chi connectivity index (χ1) is 8.85. The molecule has 1 aromatic rings. The Morgan fingerprint density at radius 3 is 2.68 bits per heavy atom. The molecule has 102 valence electrons. The van der Waals surface area contributed by atoms with Crippen molar-refractivity contribution in [2.45, 2.75) is 11.0 Å². The summed E-state index contributed by atoms with van der Waals surface area (Å²) >= 11 is 0. The molecule has 0 radical (unpaired) electrons. The van der Waals surface area contributed by atoms with Crippen molar-refractivity contribution < 1.29 is 17.9 Å². The predicted octanol–water partition coefficient (Wildman–Crippen LogP) is -0.425. The van der Waals surface area contributed by atoms with E-state index in [2.05, 4.69) is 4.99 Å². The number of nitrogens with zero attached hydrogens (tertiary/aromatic N) is 1. The quantitative estimate of drug-likeness (QED) is 0.560. The molecule has 0 spiro atoms. The lowest BCUT2D eigenvalue weighted by atomic mass is 10.1. The Kier molecular flexibility index (Phi) is 3.29. The summed E-state index contributed by atoms with van der Waals surface area (Å²) in [6, 6.07) is 4.29. The summed E-state index contributed by atoms with van der Waals surface area (Å²) in [6.45, 7) is 0. The van der Waals surface area contributed by atoms with E-state index in [1.54, 1.807) is 6.07 Å². The van der Waals surface area contributed by atoms with Crippen LogP contribution in [0.1, 0.15) is 22.0 Å². The van der Waals surface area contributed by atoms with Crippen molar-refractivity contribution in [2.75, 3.05) is 12.9 Å². The van der Waals surface area contributed by atoms with E-state index in [0.29, 0.717) is 5.56 Å². The van der Waals surface area contributed by atoms with Crippen molar-refractivity contribution in [1.29, 1.82) is 0 Å². The maximum Gasteiger partial charge on any atom is 0.280 e. The highest BCUT2D eigenvalue weighted by Crippen LogP contribution is 2.35. The van der Waals surface area contributed by atoms with Crippen LogP contribution in [0.5, 0.6) is 0 Å². The number of methoxy groups -OCH3 is 1. The zero-order valence-corrected chi connectivity index (χ0v) is 11.0. The number of fused-ring (bicyclic) bond motifs is 1. The highest BCUT2D eigenvalue weighted by Gasteiger charge is 2.35. The fourth-order valence-corrected chi connectivity index (χ4v) is 3.72. The molecule has 1 heterocycles. The third-order valence-corrected chi connectivity index (χ3v) is 4.59. The number of sulfone groups is 1. The molecule has 1 atom stereocenters. The molecule has 0 saturated carbocycles. The lowest BCUT2D eigenvalue weighted by Gasteiger charge is -2.06. The normalized spacial score (nSPS) is 19.7. The minimum absolute atomic E-state index is 0.0935. The standard InChI is InChI=1S/C11H13N3O4S/c1-18-8-5-19(16,17)9-4-6(2-3-7(8)9)10(15)14-11(12)13/h2-4,8H,5H2,1H3,(H4,12,13,14,15). The van der Waals surface area contributed by atoms with Crippen LogP contribution >= 0.6 is 0 Å². The van der Waals surface area contributed by atoms with Crippen LogP contribution in [0.25, 0.3) is 0 Å². The Morgan fingerprint density at radius 2 is 2.11 bits per heavy atom. The Labute approximate surface area is 110 Å². The second-order valence-corrected chi connectivity index (χ2v) is 6.10. The van der Waals surface area contributed by atoms with Crippen molar-refractivity contribution in [3.63, 3.8) is 0 Å². The molecule has 0 aliphatic carbocycles. The van der Waals surface area contributed by atoms with Crippen molar-refractivity contribution in [2.24, 2.45) is 16.5 Å². The summed E-state index contributed by atoms with van der Waals surface area (Å²) in [5, 5.41) is 0. The van der Waals surface area contributed by atoms with E-state index in [0.717, 1.165) is 0 Å². The van der Waals surface area contributed by atoms with Gasteiger partial charge in [0.15, 0.2) is 15.8 Å². The molecule has 1 aliphatic rings. The van der Waals surface area contributed by atoms with Gasteiger partial charge in [-0.25, -0.2) is 8.42 Å². The smallest absolute Gasteiger partial charge is 0.280 e. The van der Waals surface area contributed by atoms with Crippen molar-refractivity contribution in [3.05, 3.63) is 29.3 Å². The monoisotopic (exact) mass is 283 g/mol. The average molecular weight is 283 g/mol. The fraction of sp³-hybridized carbons (Fsp3) is 0.273. The van der Waals surface area contributed by atoms with Gasteiger partial charge < -0.3 is 16.2 Å². The van der Waals surface area contributed by atoms with Crippen LogP contribution in [0.3, 0.4) is 0 Å². The van der Waals surface area contributed by atoms with Crippen molar-refractivity contribution >= 4 is 21.7 Å². The molecule has 0 saturated heterocycles. The number of carbonyl (C=O) groups excluding carboxylic acids is 1. The van der Waals surface area contributed by atoms with Gasteiger partial charge in [0.2, 0.25) is 0 Å². The van der Waals surface area contributed by atoms with Crippen LogP contribution in [0, 0.1) is 0 Å². The lowest BCUT2D eigenvalue weighted by molar-refractivity contribution is 0.100. The Morgan fingerprint density at radius 1 is 1.42 bits per heavy atom. The number of nitrogens with two attached hydrogens (primary N) is 2. The number of hydrogen-bond acceptors (Lipinski definition) is 4. The maximum atomic E-state index is 11.9. The zero-order valence-electron chi connectivity index (χ0n) is 10.2. The zero-order chi connectivity index (χ0) is 14.2. The summed E-state index contributed by atoms with van der Waals surface area (Å²) in [5.41, 5.74) is 10.9. The molecule has 4 N–H and O–H groups in total. The van der Waals surface area contributed by atoms with Gasteiger partial charge in [-0.1, -0.05) is 6.07 Å². The topological polar surface area (TPSA) is 125 Å². The molecule has 7 nitrogen and oxygen atoms in total. The molecular formula is C11H13N3O4S. The Bertz CT molecular complexity index is 663. The predicted molar refractivity (Wildman–Crippen MR) is 68.4 cm³/mol. The molecule has 2 rings (SSSR count). The summed E-state index contributed by atoms with van der Waals surface area (Å²) < 4.78 is 29.0. The number of benzene rings is 1. The first-order valence-electron chi connectivity index (χ1n) is 5.38. The number of carbonyl (C=O) groups is 1. The van der Waals surface area contributed by atoms with Gasteiger partial charge in [0.1, 0.15) is 0 Å². The van der Waals surface area contributed by atoms with E-state index in [1.807, 2.05) is 0 Å². The molecule has 0 aromatic heterocycles. The summed E-state index contributed by atoms with van der Waals surface area (Å²) in [6.07, 6.45) is -0.507. The Hall–Kier alpha value is -1.93. The highest BCUT2D eigenvalue weighted by molar-refractivity contribution is 7.91. The van der Waals surface area contributed by atoms with Crippen LogP contribution in [0.15, 0.2) is 28.1 Å². The van der Waals surface area contributed by atoms with Gasteiger partial charge in [-0.15, -0.1) is 0 Å². The molecule has 19 heavy (non-hydrogen) atoms. The van der Waals surface area contributed by atoms with Gasteiger partial charge in [0.25, 0.3) is 5.91 Å². The van der Waals surface area contributed by atoms with E-state index in [-0.39, 0.29) is 22.2 Å². The first-order valence-corrected chi connectivity index (χ1v) is 7.04. The largest absolute Gasteiger partial charge is 0.376 e. The molecule has 1 aromatic carbocycles. The van der Waals surface area contributed by atoms with Gasteiger partial charge in [-0.3, -0.25) is 4.79 Å². The second kappa shape index (κ2) is 4.63. The van der Waals surface area contributed by atoms with Gasteiger partial charge >= 0.3 is 0 Å².